The first kappa shape index (κ1) is 13.3. The Morgan fingerprint density at radius 2 is 2.06 bits per heavy atom. The zero-order chi connectivity index (χ0) is 12.8. The number of nitrogens with one attached hydrogen (secondary N) is 2. The third kappa shape index (κ3) is 3.96. The molecule has 0 fully saturated rings. The molecule has 5 nitrogen and oxygen atoms in total. The molecule has 2 N–H and O–H groups in total. The van der Waals surface area contributed by atoms with Crippen LogP contribution in [0.5, 0.6) is 5.75 Å². The summed E-state index contributed by atoms with van der Waals surface area (Å²) in [6.07, 6.45) is 0. The van der Waals surface area contributed by atoms with Crippen LogP contribution in [0.25, 0.3) is 0 Å². The predicted molar refractivity (Wildman–Crippen MR) is 63.9 cm³/mol. The van der Waals surface area contributed by atoms with E-state index in [0.717, 1.165) is 0 Å². The first-order valence-electron chi connectivity index (χ1n) is 5.04. The summed E-state index contributed by atoms with van der Waals surface area (Å²) in [6.45, 7) is 3.64. The lowest BCUT2D eigenvalue weighted by molar-refractivity contribution is -0.119. The monoisotopic (exact) mass is 256 g/mol. The quantitative estimate of drug-likeness (QED) is 0.806. The van der Waals surface area contributed by atoms with E-state index >= 15 is 0 Å². The maximum absolute atomic E-state index is 11.5. The van der Waals surface area contributed by atoms with Crippen molar-refractivity contribution in [3.63, 3.8) is 0 Å². The molecule has 92 valence electrons. The molecule has 0 atom stereocenters. The molecule has 0 unspecified atom stereocenters. The summed E-state index contributed by atoms with van der Waals surface area (Å²) in [7, 11) is 0. The second-order valence-electron chi connectivity index (χ2n) is 3.21. The van der Waals surface area contributed by atoms with Crippen molar-refractivity contribution in [1.82, 2.24) is 10.9 Å². The minimum atomic E-state index is -0.440. The van der Waals surface area contributed by atoms with Gasteiger partial charge in [-0.2, -0.15) is 0 Å². The number of ether oxygens (including phenoxy) is 1. The maximum Gasteiger partial charge on any atom is 0.269 e. The van der Waals surface area contributed by atoms with E-state index < -0.39 is 5.91 Å². The molecule has 0 aromatic heterocycles. The number of carbonyl (C=O) groups is 2. The Balaban J connectivity index is 2.75. The number of hydrogen-bond acceptors (Lipinski definition) is 3. The molecule has 2 amide bonds. The number of amides is 2. The zero-order valence-electron chi connectivity index (χ0n) is 9.54. The second kappa shape index (κ2) is 6.10. The highest BCUT2D eigenvalue weighted by Crippen LogP contribution is 2.25. The molecule has 1 aromatic rings. The Morgan fingerprint density at radius 1 is 1.35 bits per heavy atom. The highest BCUT2D eigenvalue weighted by Gasteiger charge is 2.09. The molecular formula is C11H13ClN2O3. The van der Waals surface area contributed by atoms with Crippen molar-refractivity contribution < 1.29 is 14.3 Å². The minimum Gasteiger partial charge on any atom is -0.492 e. The molecular weight excluding hydrogens is 244 g/mol. The number of carbonyl (C=O) groups excluding carboxylic acids is 2. The van der Waals surface area contributed by atoms with Crippen molar-refractivity contribution in [2.45, 2.75) is 13.8 Å². The van der Waals surface area contributed by atoms with Crippen LogP contribution in [0.2, 0.25) is 5.02 Å². The lowest BCUT2D eigenvalue weighted by atomic mass is 10.2. The predicted octanol–water partition coefficient (Wildman–Crippen LogP) is 1.52. The second-order valence-corrected chi connectivity index (χ2v) is 3.62. The molecule has 0 saturated heterocycles. The topological polar surface area (TPSA) is 67.4 Å². The van der Waals surface area contributed by atoms with E-state index in [4.69, 9.17) is 16.3 Å². The first-order chi connectivity index (χ1) is 8.04. The minimum absolute atomic E-state index is 0.340. The summed E-state index contributed by atoms with van der Waals surface area (Å²) in [6, 6.07) is 4.65. The highest BCUT2D eigenvalue weighted by atomic mass is 35.5. The molecule has 17 heavy (non-hydrogen) atoms. The van der Waals surface area contributed by atoms with Gasteiger partial charge in [-0.1, -0.05) is 11.6 Å². The largest absolute Gasteiger partial charge is 0.492 e. The summed E-state index contributed by atoms with van der Waals surface area (Å²) >= 11 is 5.92. The standard InChI is InChI=1S/C11H13ClN2O3/c1-3-17-10-5-4-8(6-9(10)12)11(16)14-13-7(2)15/h4-6H,3H2,1-2H3,(H,13,15)(H,14,16). The summed E-state index contributed by atoms with van der Waals surface area (Å²) < 4.78 is 5.24. The van der Waals surface area contributed by atoms with Crippen LogP contribution in [0.1, 0.15) is 24.2 Å². The lowest BCUT2D eigenvalue weighted by Gasteiger charge is -2.08. The van der Waals surface area contributed by atoms with Crippen molar-refractivity contribution >= 4 is 23.4 Å². The fraction of sp³-hybridized carbons (Fsp3) is 0.273. The Labute approximate surface area is 104 Å². The van der Waals surface area contributed by atoms with Gasteiger partial charge in [-0.3, -0.25) is 20.4 Å². The first-order valence-corrected chi connectivity index (χ1v) is 5.41. The number of hydrogen-bond donors (Lipinski definition) is 2. The van der Waals surface area contributed by atoms with Gasteiger partial charge < -0.3 is 4.74 Å². The Morgan fingerprint density at radius 3 is 2.59 bits per heavy atom. The average Bonchev–Trinajstić information content (AvgIpc) is 2.28. The fourth-order valence-corrected chi connectivity index (χ4v) is 1.37. The van der Waals surface area contributed by atoms with E-state index in [9.17, 15) is 9.59 Å². The van der Waals surface area contributed by atoms with Gasteiger partial charge in [0.05, 0.1) is 11.6 Å². The van der Waals surface area contributed by atoms with E-state index in [1.54, 1.807) is 12.1 Å². The van der Waals surface area contributed by atoms with Crippen molar-refractivity contribution in [2.24, 2.45) is 0 Å². The van der Waals surface area contributed by atoms with Gasteiger partial charge in [0.2, 0.25) is 5.91 Å². The lowest BCUT2D eigenvalue weighted by Crippen LogP contribution is -2.40. The SMILES string of the molecule is CCOc1ccc(C(=O)NNC(C)=O)cc1Cl. The van der Waals surface area contributed by atoms with Gasteiger partial charge in [0.1, 0.15) is 5.75 Å². The van der Waals surface area contributed by atoms with Crippen molar-refractivity contribution in [1.29, 1.82) is 0 Å². The van der Waals surface area contributed by atoms with Crippen LogP contribution in [0, 0.1) is 0 Å². The van der Waals surface area contributed by atoms with Crippen molar-refractivity contribution in [2.75, 3.05) is 6.61 Å². The van der Waals surface area contributed by atoms with Gasteiger partial charge in [0.25, 0.3) is 5.91 Å². The Kier molecular flexibility index (Phi) is 4.78. The molecule has 6 heteroatoms. The summed E-state index contributed by atoms with van der Waals surface area (Å²) in [5.74, 6) is -0.272. The van der Waals surface area contributed by atoms with Crippen LogP contribution in [0.15, 0.2) is 18.2 Å². The van der Waals surface area contributed by atoms with Crippen molar-refractivity contribution in [3.8, 4) is 5.75 Å². The van der Waals surface area contributed by atoms with E-state index in [1.807, 2.05) is 6.92 Å². The van der Waals surface area contributed by atoms with Gasteiger partial charge in [0.15, 0.2) is 0 Å². The molecule has 0 aliphatic rings. The average molecular weight is 257 g/mol. The number of halogens is 1. The molecule has 1 rings (SSSR count). The Hall–Kier alpha value is -1.75. The normalized spacial score (nSPS) is 9.59. The maximum atomic E-state index is 11.5. The number of hydrazine groups is 1. The van der Waals surface area contributed by atoms with Gasteiger partial charge in [-0.25, -0.2) is 0 Å². The van der Waals surface area contributed by atoms with Crippen LogP contribution in [-0.4, -0.2) is 18.4 Å². The molecule has 0 heterocycles. The third-order valence-electron chi connectivity index (χ3n) is 1.85. The van der Waals surface area contributed by atoms with Gasteiger partial charge in [-0.15, -0.1) is 0 Å². The molecule has 0 aliphatic heterocycles. The van der Waals surface area contributed by atoms with Crippen LogP contribution in [0.3, 0.4) is 0 Å². The van der Waals surface area contributed by atoms with Crippen LogP contribution < -0.4 is 15.6 Å². The van der Waals surface area contributed by atoms with E-state index in [1.165, 1.54) is 13.0 Å². The molecule has 0 saturated carbocycles. The van der Waals surface area contributed by atoms with E-state index in [-0.39, 0.29) is 5.91 Å². The summed E-state index contributed by atoms with van der Waals surface area (Å²) in [5.41, 5.74) is 4.77. The molecule has 0 spiro atoms. The smallest absolute Gasteiger partial charge is 0.269 e. The summed E-state index contributed by atoms with van der Waals surface area (Å²) in [4.78, 5) is 22.2. The third-order valence-corrected chi connectivity index (χ3v) is 2.14. The number of benzene rings is 1. The van der Waals surface area contributed by atoms with Crippen LogP contribution >= 0.6 is 11.6 Å². The molecule has 0 aliphatic carbocycles. The highest BCUT2D eigenvalue weighted by molar-refractivity contribution is 6.32. The van der Waals surface area contributed by atoms with E-state index in [0.29, 0.717) is 22.9 Å². The fourth-order valence-electron chi connectivity index (χ4n) is 1.13. The summed E-state index contributed by atoms with van der Waals surface area (Å²) in [5, 5.41) is 0.349. The Bertz CT molecular complexity index is 435. The van der Waals surface area contributed by atoms with Gasteiger partial charge >= 0.3 is 0 Å². The van der Waals surface area contributed by atoms with Crippen LogP contribution in [-0.2, 0) is 4.79 Å². The van der Waals surface area contributed by atoms with Crippen molar-refractivity contribution in [3.05, 3.63) is 28.8 Å². The van der Waals surface area contributed by atoms with Gasteiger partial charge in [-0.05, 0) is 25.1 Å². The molecule has 0 radical (unpaired) electrons. The van der Waals surface area contributed by atoms with E-state index in [2.05, 4.69) is 10.9 Å². The molecule has 1 aromatic carbocycles. The zero-order valence-corrected chi connectivity index (χ0v) is 10.3. The van der Waals surface area contributed by atoms with Crippen LogP contribution in [0.4, 0.5) is 0 Å². The number of rotatable bonds is 3. The molecule has 0 bridgehead atoms. The van der Waals surface area contributed by atoms with Gasteiger partial charge in [0, 0.05) is 12.5 Å².